The van der Waals surface area contributed by atoms with Gasteiger partial charge in [0.2, 0.25) is 0 Å². The molecule has 15 heavy (non-hydrogen) atoms. The zero-order chi connectivity index (χ0) is 11.7. The van der Waals surface area contributed by atoms with E-state index in [1.165, 1.54) is 4.90 Å². The third-order valence-corrected chi connectivity index (χ3v) is 2.04. The van der Waals surface area contributed by atoms with Crippen LogP contribution >= 0.6 is 0 Å². The molecule has 1 amide bonds. The zero-order valence-electron chi connectivity index (χ0n) is 9.83. The van der Waals surface area contributed by atoms with Crippen LogP contribution in [-0.4, -0.2) is 47.1 Å². The number of hydrogen-bond acceptors (Lipinski definition) is 4. The molecule has 0 spiro atoms. The highest BCUT2D eigenvalue weighted by Crippen LogP contribution is 2.13. The monoisotopic (exact) mass is 216 g/mol. The molecule has 1 heterocycles. The number of hydrogen-bond donors (Lipinski definition) is 2. The van der Waals surface area contributed by atoms with Crippen LogP contribution in [0.3, 0.4) is 0 Å². The van der Waals surface area contributed by atoms with Gasteiger partial charge in [-0.05, 0) is 27.7 Å². The number of piperazine rings is 1. The quantitative estimate of drug-likeness (QED) is 0.620. The van der Waals surface area contributed by atoms with Gasteiger partial charge in [-0.3, -0.25) is 5.32 Å². The van der Waals surface area contributed by atoms with E-state index in [4.69, 9.17) is 4.74 Å². The summed E-state index contributed by atoms with van der Waals surface area (Å²) in [7, 11) is 0. The number of carbonyl (C=O) groups is 1. The first-order valence-electron chi connectivity index (χ1n) is 5.15. The van der Waals surface area contributed by atoms with Crippen LogP contribution in [0.1, 0.15) is 27.7 Å². The Morgan fingerprint density at radius 2 is 2.13 bits per heavy atom. The summed E-state index contributed by atoms with van der Waals surface area (Å²) in [6.07, 6.45) is -0.371. The van der Waals surface area contributed by atoms with Crippen LogP contribution in [-0.2, 0) is 4.74 Å². The maximum absolute atomic E-state index is 11.7. The van der Waals surface area contributed by atoms with E-state index in [2.05, 4.69) is 5.32 Å². The number of aliphatic hydroxyl groups is 1. The molecule has 1 atom stereocenters. The summed E-state index contributed by atoms with van der Waals surface area (Å²) in [6, 6.07) is 0. The zero-order valence-corrected chi connectivity index (χ0v) is 9.83. The predicted octanol–water partition coefficient (Wildman–Crippen LogP) is 0.535. The standard InChI is InChI=1S/C10H20N2O3/c1-9(2,3)15-8(13)12-6-5-11-10(4,14)7-12/h11,14H,5-7H2,1-4H3/t10-/m0/s1. The molecule has 0 bridgehead atoms. The normalized spacial score (nSPS) is 27.7. The van der Waals surface area contributed by atoms with E-state index in [0.717, 1.165) is 0 Å². The molecule has 0 radical (unpaired) electrons. The van der Waals surface area contributed by atoms with E-state index in [0.29, 0.717) is 13.1 Å². The molecule has 1 rings (SSSR count). The molecule has 0 saturated carbocycles. The Kier molecular flexibility index (Phi) is 3.25. The van der Waals surface area contributed by atoms with E-state index in [1.54, 1.807) is 6.92 Å². The minimum absolute atomic E-state index is 0.252. The van der Waals surface area contributed by atoms with E-state index in [1.807, 2.05) is 20.8 Å². The molecule has 5 nitrogen and oxygen atoms in total. The van der Waals surface area contributed by atoms with Crippen molar-refractivity contribution in [1.29, 1.82) is 0 Å². The van der Waals surface area contributed by atoms with Crippen molar-refractivity contribution in [3.05, 3.63) is 0 Å². The second kappa shape index (κ2) is 3.98. The van der Waals surface area contributed by atoms with Crippen molar-refractivity contribution in [3.63, 3.8) is 0 Å². The molecule has 1 saturated heterocycles. The fraction of sp³-hybridized carbons (Fsp3) is 0.900. The second-order valence-electron chi connectivity index (χ2n) is 5.10. The first-order valence-corrected chi connectivity index (χ1v) is 5.15. The van der Waals surface area contributed by atoms with E-state index < -0.39 is 11.3 Å². The molecular formula is C10H20N2O3. The number of rotatable bonds is 0. The molecule has 1 aliphatic heterocycles. The number of β-amino-alcohol motifs (C(OH)–C–C–N with tert-alkyl or cyclic N) is 1. The van der Waals surface area contributed by atoms with Crippen molar-refractivity contribution in [1.82, 2.24) is 10.2 Å². The number of ether oxygens (including phenoxy) is 1. The number of nitrogens with zero attached hydrogens (tertiary/aromatic N) is 1. The van der Waals surface area contributed by atoms with E-state index in [9.17, 15) is 9.90 Å². The third kappa shape index (κ3) is 4.05. The summed E-state index contributed by atoms with van der Waals surface area (Å²) in [4.78, 5) is 13.2. The van der Waals surface area contributed by atoms with Gasteiger partial charge in [0.25, 0.3) is 0 Å². The van der Waals surface area contributed by atoms with E-state index >= 15 is 0 Å². The summed E-state index contributed by atoms with van der Waals surface area (Å²) in [5.41, 5.74) is -1.51. The van der Waals surface area contributed by atoms with Gasteiger partial charge in [0, 0.05) is 13.1 Å². The maximum Gasteiger partial charge on any atom is 0.410 e. The molecule has 2 N–H and O–H groups in total. The smallest absolute Gasteiger partial charge is 0.410 e. The van der Waals surface area contributed by atoms with Crippen LogP contribution in [0.2, 0.25) is 0 Å². The molecular weight excluding hydrogens is 196 g/mol. The second-order valence-corrected chi connectivity index (χ2v) is 5.10. The third-order valence-electron chi connectivity index (χ3n) is 2.04. The van der Waals surface area contributed by atoms with Gasteiger partial charge in [-0.1, -0.05) is 0 Å². The average molecular weight is 216 g/mol. The van der Waals surface area contributed by atoms with Crippen molar-refractivity contribution in [2.75, 3.05) is 19.6 Å². The molecule has 0 aromatic rings. The summed E-state index contributed by atoms with van der Waals surface area (Å²) >= 11 is 0. The molecule has 0 unspecified atom stereocenters. The number of amides is 1. The van der Waals surface area contributed by atoms with Crippen LogP contribution in [0.4, 0.5) is 4.79 Å². The molecule has 88 valence electrons. The van der Waals surface area contributed by atoms with Crippen molar-refractivity contribution in [2.24, 2.45) is 0 Å². The van der Waals surface area contributed by atoms with Gasteiger partial charge in [0.1, 0.15) is 11.3 Å². The summed E-state index contributed by atoms with van der Waals surface area (Å²) in [6.45, 7) is 8.50. The maximum atomic E-state index is 11.7. The number of carbonyl (C=O) groups excluding carboxylic acids is 1. The van der Waals surface area contributed by atoms with Crippen LogP contribution in [0.5, 0.6) is 0 Å². The minimum atomic E-state index is -1.02. The average Bonchev–Trinajstić information content (AvgIpc) is 1.99. The van der Waals surface area contributed by atoms with Gasteiger partial charge < -0.3 is 14.7 Å². The Morgan fingerprint density at radius 1 is 1.53 bits per heavy atom. The fourth-order valence-corrected chi connectivity index (χ4v) is 1.45. The highest BCUT2D eigenvalue weighted by atomic mass is 16.6. The highest BCUT2D eigenvalue weighted by molar-refractivity contribution is 5.68. The van der Waals surface area contributed by atoms with Gasteiger partial charge in [0.15, 0.2) is 0 Å². The topological polar surface area (TPSA) is 61.8 Å². The molecule has 0 aliphatic carbocycles. The first kappa shape index (κ1) is 12.3. The van der Waals surface area contributed by atoms with Gasteiger partial charge >= 0.3 is 6.09 Å². The Bertz CT molecular complexity index is 246. The molecule has 0 aromatic carbocycles. The van der Waals surface area contributed by atoms with Crippen LogP contribution < -0.4 is 5.32 Å². The minimum Gasteiger partial charge on any atom is -0.444 e. The summed E-state index contributed by atoms with van der Waals surface area (Å²) < 4.78 is 5.22. The van der Waals surface area contributed by atoms with Crippen LogP contribution in [0.25, 0.3) is 0 Å². The Labute approximate surface area is 90.4 Å². The molecule has 1 fully saturated rings. The lowest BCUT2D eigenvalue weighted by Gasteiger charge is -2.38. The largest absolute Gasteiger partial charge is 0.444 e. The lowest BCUT2D eigenvalue weighted by atomic mass is 10.2. The van der Waals surface area contributed by atoms with Crippen molar-refractivity contribution >= 4 is 6.09 Å². The van der Waals surface area contributed by atoms with Gasteiger partial charge in [-0.25, -0.2) is 4.79 Å². The fourth-order valence-electron chi connectivity index (χ4n) is 1.45. The lowest BCUT2D eigenvalue weighted by Crippen LogP contribution is -2.60. The van der Waals surface area contributed by atoms with Crippen LogP contribution in [0, 0.1) is 0 Å². The van der Waals surface area contributed by atoms with E-state index in [-0.39, 0.29) is 12.6 Å². The Morgan fingerprint density at radius 3 is 2.60 bits per heavy atom. The summed E-state index contributed by atoms with van der Waals surface area (Å²) in [5, 5.41) is 12.6. The molecule has 1 aliphatic rings. The molecule has 0 aromatic heterocycles. The Balaban J connectivity index is 2.53. The van der Waals surface area contributed by atoms with Crippen LogP contribution in [0.15, 0.2) is 0 Å². The van der Waals surface area contributed by atoms with Crippen molar-refractivity contribution in [3.8, 4) is 0 Å². The lowest BCUT2D eigenvalue weighted by molar-refractivity contribution is -0.0454. The van der Waals surface area contributed by atoms with Crippen molar-refractivity contribution < 1.29 is 14.6 Å². The first-order chi connectivity index (χ1) is 6.70. The van der Waals surface area contributed by atoms with Gasteiger partial charge in [-0.2, -0.15) is 0 Å². The summed E-state index contributed by atoms with van der Waals surface area (Å²) in [5.74, 6) is 0. The molecule has 5 heteroatoms. The predicted molar refractivity (Wildman–Crippen MR) is 56.4 cm³/mol. The Hall–Kier alpha value is -0.810. The highest BCUT2D eigenvalue weighted by Gasteiger charge is 2.32. The van der Waals surface area contributed by atoms with Gasteiger partial charge in [-0.15, -0.1) is 0 Å². The van der Waals surface area contributed by atoms with Gasteiger partial charge in [0.05, 0.1) is 6.54 Å². The van der Waals surface area contributed by atoms with Crippen molar-refractivity contribution in [2.45, 2.75) is 39.0 Å². The number of nitrogens with one attached hydrogen (secondary N) is 1. The SMILES string of the molecule is CC(C)(C)OC(=O)N1CCN[C@@](C)(O)C1.